The summed E-state index contributed by atoms with van der Waals surface area (Å²) in [6.07, 6.45) is 0.770. The van der Waals surface area contributed by atoms with Crippen LogP contribution in [0.4, 0.5) is 11.4 Å². The molecule has 30 heavy (non-hydrogen) atoms. The molecule has 1 heterocycles. The van der Waals surface area contributed by atoms with E-state index in [4.69, 9.17) is 4.74 Å². The van der Waals surface area contributed by atoms with Gasteiger partial charge in [0.05, 0.1) is 29.8 Å². The smallest absolute Gasteiger partial charge is 0.339 e. The van der Waals surface area contributed by atoms with Crippen LogP contribution in [0.3, 0.4) is 0 Å². The highest BCUT2D eigenvalue weighted by Crippen LogP contribution is 2.34. The molecule has 0 atom stereocenters. The van der Waals surface area contributed by atoms with Crippen molar-refractivity contribution in [3.8, 4) is 0 Å². The van der Waals surface area contributed by atoms with E-state index in [1.807, 2.05) is 6.92 Å². The lowest BCUT2D eigenvalue weighted by Crippen LogP contribution is -2.35. The molecule has 0 unspecified atom stereocenters. The van der Waals surface area contributed by atoms with E-state index < -0.39 is 21.9 Å². The summed E-state index contributed by atoms with van der Waals surface area (Å²) in [6, 6.07) is 13.2. The first-order chi connectivity index (χ1) is 14.4. The van der Waals surface area contributed by atoms with Gasteiger partial charge in [0.25, 0.3) is 10.0 Å². The second-order valence-electron chi connectivity index (χ2n) is 6.34. The third-order valence-corrected chi connectivity index (χ3v) is 6.66. The predicted octanol–water partition coefficient (Wildman–Crippen LogP) is 3.12. The molecule has 8 nitrogen and oxygen atoms in total. The molecule has 2 aromatic rings. The van der Waals surface area contributed by atoms with Gasteiger partial charge in [0.15, 0.2) is 5.17 Å². The molecule has 1 amide bonds. The molecular weight excluding hydrogens is 426 g/mol. The molecule has 0 bridgehead atoms. The number of ether oxygens (including phenoxy) is 1. The summed E-state index contributed by atoms with van der Waals surface area (Å²) in [5, 5.41) is 2.91. The molecule has 1 N–H and O–H groups in total. The number of nitrogens with zero attached hydrogens (tertiary/aromatic N) is 2. The van der Waals surface area contributed by atoms with Gasteiger partial charge < -0.3 is 15.0 Å². The van der Waals surface area contributed by atoms with E-state index in [0.29, 0.717) is 17.9 Å². The second-order valence-corrected chi connectivity index (χ2v) is 8.86. The minimum atomic E-state index is -3.84. The first-order valence-electron chi connectivity index (χ1n) is 9.19. The fourth-order valence-corrected chi connectivity index (χ4v) is 5.22. The van der Waals surface area contributed by atoms with Crippen molar-refractivity contribution in [3.63, 3.8) is 0 Å². The Labute approximate surface area is 179 Å². The van der Waals surface area contributed by atoms with Crippen LogP contribution in [0.5, 0.6) is 0 Å². The van der Waals surface area contributed by atoms with E-state index in [1.54, 1.807) is 47.4 Å². The number of rotatable bonds is 6. The molecule has 0 saturated heterocycles. The van der Waals surface area contributed by atoms with Gasteiger partial charge in [0.2, 0.25) is 5.91 Å². The van der Waals surface area contributed by atoms with Crippen molar-refractivity contribution in [1.29, 1.82) is 0 Å². The Morgan fingerprint density at radius 2 is 1.83 bits per heavy atom. The van der Waals surface area contributed by atoms with E-state index in [0.717, 1.165) is 18.2 Å². The number of para-hydroxylation sites is 2. The van der Waals surface area contributed by atoms with Crippen molar-refractivity contribution in [1.82, 2.24) is 0 Å². The first kappa shape index (κ1) is 21.8. The Morgan fingerprint density at radius 1 is 1.13 bits per heavy atom. The Kier molecular flexibility index (Phi) is 6.78. The highest BCUT2D eigenvalue weighted by molar-refractivity contribution is 8.15. The molecular formula is C20H21N3O5S2. The topological polar surface area (TPSA) is 105 Å². The lowest BCUT2D eigenvalue weighted by atomic mass is 10.2. The minimum Gasteiger partial charge on any atom is -0.465 e. The number of methoxy groups -OCH3 is 1. The van der Waals surface area contributed by atoms with Crippen molar-refractivity contribution in [2.45, 2.75) is 18.2 Å². The molecule has 1 aliphatic heterocycles. The molecule has 0 saturated carbocycles. The lowest BCUT2D eigenvalue weighted by molar-refractivity contribution is -0.113. The van der Waals surface area contributed by atoms with Crippen LogP contribution in [0, 0.1) is 0 Å². The number of benzene rings is 2. The van der Waals surface area contributed by atoms with Crippen LogP contribution in [-0.4, -0.2) is 44.9 Å². The number of hydrogen-bond acceptors (Lipinski definition) is 7. The van der Waals surface area contributed by atoms with Gasteiger partial charge in [-0.1, -0.05) is 43.0 Å². The van der Waals surface area contributed by atoms with Crippen LogP contribution < -0.4 is 10.2 Å². The number of esters is 1. The number of amidine groups is 1. The Morgan fingerprint density at radius 3 is 2.57 bits per heavy atom. The summed E-state index contributed by atoms with van der Waals surface area (Å²) in [4.78, 5) is 26.3. The van der Waals surface area contributed by atoms with Gasteiger partial charge >= 0.3 is 5.97 Å². The lowest BCUT2D eigenvalue weighted by Gasteiger charge is -2.29. The van der Waals surface area contributed by atoms with Gasteiger partial charge in [-0.3, -0.25) is 4.79 Å². The quantitative estimate of drug-likeness (QED) is 0.678. The van der Waals surface area contributed by atoms with Crippen molar-refractivity contribution >= 4 is 50.2 Å². The zero-order chi connectivity index (χ0) is 21.7. The van der Waals surface area contributed by atoms with Crippen molar-refractivity contribution < 1.29 is 22.7 Å². The van der Waals surface area contributed by atoms with Crippen molar-refractivity contribution in [3.05, 3.63) is 54.1 Å². The van der Waals surface area contributed by atoms with Gasteiger partial charge in [0, 0.05) is 6.54 Å². The fraction of sp³-hybridized carbons (Fsp3) is 0.250. The SMILES string of the molecule is CCCN1C(SCC(=O)Nc2ccccc2C(=O)OC)=NS(=O)(=O)c2ccccc21. The Balaban J connectivity index is 1.77. The first-order valence-corrected chi connectivity index (χ1v) is 11.6. The van der Waals surface area contributed by atoms with E-state index in [9.17, 15) is 18.0 Å². The number of carbonyl (C=O) groups excluding carboxylic acids is 2. The number of anilines is 2. The fourth-order valence-electron chi connectivity index (χ4n) is 2.94. The molecule has 0 aliphatic carbocycles. The monoisotopic (exact) mass is 447 g/mol. The van der Waals surface area contributed by atoms with E-state index >= 15 is 0 Å². The third-order valence-electron chi connectivity index (χ3n) is 4.25. The maximum absolute atomic E-state index is 12.5. The van der Waals surface area contributed by atoms with E-state index in [-0.39, 0.29) is 21.4 Å². The number of carbonyl (C=O) groups is 2. The highest BCUT2D eigenvalue weighted by Gasteiger charge is 2.30. The van der Waals surface area contributed by atoms with Gasteiger partial charge in [-0.25, -0.2) is 4.79 Å². The van der Waals surface area contributed by atoms with Crippen LogP contribution in [0.25, 0.3) is 0 Å². The molecule has 0 radical (unpaired) electrons. The summed E-state index contributed by atoms with van der Waals surface area (Å²) in [6.45, 7) is 2.54. The van der Waals surface area contributed by atoms with Crippen LogP contribution in [0.2, 0.25) is 0 Å². The molecule has 2 aromatic carbocycles. The summed E-state index contributed by atoms with van der Waals surface area (Å²) in [7, 11) is -2.58. The Hall–Kier alpha value is -2.85. The standard InChI is InChI=1S/C20H21N3O5S2/c1-3-12-23-16-10-6-7-11-17(16)30(26,27)22-20(23)29-13-18(24)21-15-9-5-4-8-14(15)19(25)28-2/h4-11H,3,12-13H2,1-2H3,(H,21,24). The molecule has 158 valence electrons. The molecule has 3 rings (SSSR count). The number of fused-ring (bicyclic) bond motifs is 1. The average molecular weight is 448 g/mol. The maximum Gasteiger partial charge on any atom is 0.339 e. The van der Waals surface area contributed by atoms with Crippen LogP contribution in [0.15, 0.2) is 57.8 Å². The summed E-state index contributed by atoms with van der Waals surface area (Å²) in [5.41, 5.74) is 1.11. The third kappa shape index (κ3) is 4.65. The zero-order valence-corrected chi connectivity index (χ0v) is 18.1. The number of sulfonamides is 1. The number of thioether (sulfide) groups is 1. The van der Waals surface area contributed by atoms with Crippen molar-refractivity contribution in [2.75, 3.05) is 29.6 Å². The van der Waals surface area contributed by atoms with Crippen molar-refractivity contribution in [2.24, 2.45) is 4.40 Å². The highest BCUT2D eigenvalue weighted by atomic mass is 32.2. The zero-order valence-electron chi connectivity index (χ0n) is 16.5. The molecule has 0 spiro atoms. The van der Waals surface area contributed by atoms with E-state index in [2.05, 4.69) is 9.71 Å². The molecule has 0 aromatic heterocycles. The van der Waals surface area contributed by atoms with Crippen LogP contribution >= 0.6 is 11.8 Å². The second kappa shape index (κ2) is 9.31. The van der Waals surface area contributed by atoms with Crippen LogP contribution in [0.1, 0.15) is 23.7 Å². The number of nitrogens with one attached hydrogen (secondary N) is 1. The predicted molar refractivity (Wildman–Crippen MR) is 118 cm³/mol. The van der Waals surface area contributed by atoms with Gasteiger partial charge in [0.1, 0.15) is 4.90 Å². The van der Waals surface area contributed by atoms with Gasteiger partial charge in [-0.2, -0.15) is 8.42 Å². The molecule has 0 fully saturated rings. The summed E-state index contributed by atoms with van der Waals surface area (Å²) < 4.78 is 33.7. The summed E-state index contributed by atoms with van der Waals surface area (Å²) in [5.74, 6) is -1.04. The maximum atomic E-state index is 12.5. The van der Waals surface area contributed by atoms with Gasteiger partial charge in [-0.05, 0) is 30.7 Å². The van der Waals surface area contributed by atoms with Gasteiger partial charge in [-0.15, -0.1) is 4.40 Å². The largest absolute Gasteiger partial charge is 0.465 e. The number of hydrogen-bond donors (Lipinski definition) is 1. The van der Waals surface area contributed by atoms with E-state index in [1.165, 1.54) is 13.2 Å². The Bertz CT molecular complexity index is 1100. The average Bonchev–Trinajstić information content (AvgIpc) is 2.74. The minimum absolute atomic E-state index is 0.0771. The number of amides is 1. The molecule has 1 aliphatic rings. The molecule has 10 heteroatoms. The normalized spacial score (nSPS) is 14.5. The van der Waals surface area contributed by atoms with Crippen LogP contribution in [-0.2, 0) is 19.6 Å². The summed E-state index contributed by atoms with van der Waals surface area (Å²) >= 11 is 1.03.